The van der Waals surface area contributed by atoms with E-state index in [0.29, 0.717) is 29.6 Å². The Balaban J connectivity index is 1.84. The van der Waals surface area contributed by atoms with Crippen LogP contribution in [0, 0.1) is 26.6 Å². The smallest absolute Gasteiger partial charge is 0.289 e. The minimum absolute atomic E-state index is 0.0752. The van der Waals surface area contributed by atoms with E-state index in [2.05, 4.69) is 4.72 Å². The van der Waals surface area contributed by atoms with Gasteiger partial charge in [-0.25, -0.2) is 12.8 Å². The summed E-state index contributed by atoms with van der Waals surface area (Å²) in [4.78, 5) is 14.9. The van der Waals surface area contributed by atoms with E-state index in [0.717, 1.165) is 31.2 Å². The molecule has 1 aliphatic heterocycles. The fourth-order valence-electron chi connectivity index (χ4n) is 4.23. The highest BCUT2D eigenvalue weighted by molar-refractivity contribution is 7.93. The van der Waals surface area contributed by atoms with Crippen LogP contribution in [0.5, 0.6) is 0 Å². The fourth-order valence-corrected chi connectivity index (χ4v) is 5.74. The molecule has 2 aromatic carbocycles. The second kappa shape index (κ2) is 8.58. The first-order chi connectivity index (χ1) is 15.2. The predicted molar refractivity (Wildman–Crippen MR) is 122 cm³/mol. The number of aryl methyl sites for hydroxylation is 2. The molecule has 0 bridgehead atoms. The number of benzene rings is 2. The number of nitrogens with zero attached hydrogens (tertiary/aromatic N) is 1. The molecule has 0 saturated carbocycles. The van der Waals surface area contributed by atoms with Crippen LogP contribution in [0.25, 0.3) is 11.0 Å². The number of halogens is 1. The summed E-state index contributed by atoms with van der Waals surface area (Å²) in [5.74, 6) is -0.735. The van der Waals surface area contributed by atoms with Crippen molar-refractivity contribution in [2.75, 3.05) is 17.8 Å². The number of likely N-dealkylation sites (tertiary alicyclic amines) is 1. The highest BCUT2D eigenvalue weighted by Crippen LogP contribution is 2.36. The predicted octanol–water partition coefficient (Wildman–Crippen LogP) is 5.31. The summed E-state index contributed by atoms with van der Waals surface area (Å²) in [6, 6.07) is 7.42. The minimum atomic E-state index is -4.18. The van der Waals surface area contributed by atoms with Gasteiger partial charge < -0.3 is 9.32 Å². The largest absolute Gasteiger partial charge is 0.449 e. The number of hydrogen-bond donors (Lipinski definition) is 1. The number of amides is 1. The molecule has 4 rings (SSSR count). The summed E-state index contributed by atoms with van der Waals surface area (Å²) in [6.07, 6.45) is 4.06. The molecule has 6 nitrogen and oxygen atoms in total. The zero-order valence-corrected chi connectivity index (χ0v) is 19.3. The molecule has 1 fully saturated rings. The maximum Gasteiger partial charge on any atom is 0.289 e. The molecule has 1 aliphatic rings. The number of furan rings is 1. The molecule has 3 aromatic rings. The Morgan fingerprint density at radius 1 is 1.03 bits per heavy atom. The third-order valence-corrected chi connectivity index (χ3v) is 7.68. The van der Waals surface area contributed by atoms with Gasteiger partial charge in [0, 0.05) is 24.0 Å². The summed E-state index contributed by atoms with van der Waals surface area (Å²) in [7, 11) is -4.18. The molecule has 170 valence electrons. The van der Waals surface area contributed by atoms with Crippen LogP contribution in [0.1, 0.15) is 52.9 Å². The molecule has 0 spiro atoms. The minimum Gasteiger partial charge on any atom is -0.449 e. The monoisotopic (exact) mass is 458 g/mol. The van der Waals surface area contributed by atoms with E-state index in [1.165, 1.54) is 18.2 Å². The van der Waals surface area contributed by atoms with Crippen LogP contribution in [0.4, 0.5) is 10.1 Å². The highest BCUT2D eigenvalue weighted by atomic mass is 32.2. The Kier molecular flexibility index (Phi) is 5.99. The van der Waals surface area contributed by atoms with E-state index in [4.69, 9.17) is 4.42 Å². The second-order valence-electron chi connectivity index (χ2n) is 8.37. The summed E-state index contributed by atoms with van der Waals surface area (Å²) < 4.78 is 49.1. The lowest BCUT2D eigenvalue weighted by atomic mass is 10.0. The lowest BCUT2D eigenvalue weighted by Gasteiger charge is -2.19. The zero-order valence-electron chi connectivity index (χ0n) is 18.5. The zero-order chi connectivity index (χ0) is 23.0. The van der Waals surface area contributed by atoms with Crippen molar-refractivity contribution in [1.29, 1.82) is 0 Å². The van der Waals surface area contributed by atoms with Crippen molar-refractivity contribution in [3.05, 3.63) is 58.6 Å². The standard InChI is InChI=1S/C24H27FN2O4S/c1-15-14-18-17(3)21(24(28)27-12-8-4-5-9-13-27)31-22(18)23(16(15)2)32(29,30)26-20-11-7-6-10-19(20)25/h6-7,10-11,14,26H,4-5,8-9,12-13H2,1-3H3. The Labute approximate surface area is 187 Å². The average Bonchev–Trinajstić information content (AvgIpc) is 2.93. The summed E-state index contributed by atoms with van der Waals surface area (Å²) >= 11 is 0. The van der Waals surface area contributed by atoms with Gasteiger partial charge in [-0.05, 0) is 62.9 Å². The van der Waals surface area contributed by atoms with Crippen molar-refractivity contribution >= 4 is 32.6 Å². The van der Waals surface area contributed by atoms with E-state index >= 15 is 0 Å². The molecule has 2 heterocycles. The van der Waals surface area contributed by atoms with E-state index in [1.807, 2.05) is 6.07 Å². The summed E-state index contributed by atoms with van der Waals surface area (Å²) in [5.41, 5.74) is 1.81. The molecule has 8 heteroatoms. The molecule has 1 amide bonds. The van der Waals surface area contributed by atoms with Crippen LogP contribution < -0.4 is 4.72 Å². The number of sulfonamides is 1. The van der Waals surface area contributed by atoms with E-state index in [-0.39, 0.29) is 27.8 Å². The normalized spacial score (nSPS) is 15.1. The van der Waals surface area contributed by atoms with Crippen molar-refractivity contribution in [2.24, 2.45) is 0 Å². The van der Waals surface area contributed by atoms with Crippen LogP contribution in [-0.2, 0) is 10.0 Å². The lowest BCUT2D eigenvalue weighted by Crippen LogP contribution is -2.31. The van der Waals surface area contributed by atoms with Gasteiger partial charge in [-0.3, -0.25) is 9.52 Å². The number of hydrogen-bond acceptors (Lipinski definition) is 4. The highest BCUT2D eigenvalue weighted by Gasteiger charge is 2.30. The number of anilines is 1. The average molecular weight is 459 g/mol. The first kappa shape index (κ1) is 22.3. The third-order valence-electron chi connectivity index (χ3n) is 6.17. The molecular weight excluding hydrogens is 431 g/mol. The molecule has 1 N–H and O–H groups in total. The molecule has 0 aliphatic carbocycles. The van der Waals surface area contributed by atoms with Crippen LogP contribution >= 0.6 is 0 Å². The quantitative estimate of drug-likeness (QED) is 0.574. The van der Waals surface area contributed by atoms with Gasteiger partial charge in [0.15, 0.2) is 11.3 Å². The fraction of sp³-hybridized carbons (Fsp3) is 0.375. The third kappa shape index (κ3) is 3.99. The van der Waals surface area contributed by atoms with Crippen LogP contribution in [-0.4, -0.2) is 32.3 Å². The van der Waals surface area contributed by atoms with Crippen LogP contribution in [0.2, 0.25) is 0 Å². The lowest BCUT2D eigenvalue weighted by molar-refractivity contribution is 0.0731. The Morgan fingerprint density at radius 3 is 2.34 bits per heavy atom. The first-order valence-electron chi connectivity index (χ1n) is 10.8. The summed E-state index contributed by atoms with van der Waals surface area (Å²) in [5, 5.41) is 0.570. The van der Waals surface area contributed by atoms with Gasteiger partial charge in [-0.15, -0.1) is 0 Å². The van der Waals surface area contributed by atoms with E-state index in [1.54, 1.807) is 31.7 Å². The Morgan fingerprint density at radius 2 is 1.69 bits per heavy atom. The van der Waals surface area contributed by atoms with Crippen molar-refractivity contribution in [2.45, 2.75) is 51.3 Å². The SMILES string of the molecule is Cc1cc2c(C)c(C(=O)N3CCCCCC3)oc2c(S(=O)(=O)Nc2ccccc2F)c1C. The second-order valence-corrected chi connectivity index (χ2v) is 9.99. The molecule has 32 heavy (non-hydrogen) atoms. The maximum absolute atomic E-state index is 14.1. The molecule has 0 unspecified atom stereocenters. The van der Waals surface area contributed by atoms with Crippen LogP contribution in [0.3, 0.4) is 0 Å². The number of fused-ring (bicyclic) bond motifs is 1. The van der Waals surface area contributed by atoms with E-state index < -0.39 is 15.8 Å². The molecular formula is C24H27FN2O4S. The first-order valence-corrected chi connectivity index (χ1v) is 12.3. The van der Waals surface area contributed by atoms with Gasteiger partial charge in [0.2, 0.25) is 0 Å². The Bertz CT molecular complexity index is 1290. The molecule has 0 radical (unpaired) electrons. The van der Waals surface area contributed by atoms with Gasteiger partial charge in [0.1, 0.15) is 10.7 Å². The molecule has 0 atom stereocenters. The summed E-state index contributed by atoms with van der Waals surface area (Å²) in [6.45, 7) is 6.57. The topological polar surface area (TPSA) is 79.6 Å². The Hall–Kier alpha value is -2.87. The van der Waals surface area contributed by atoms with Crippen molar-refractivity contribution < 1.29 is 22.0 Å². The molecule has 1 saturated heterocycles. The van der Waals surface area contributed by atoms with Crippen molar-refractivity contribution in [3.8, 4) is 0 Å². The van der Waals surface area contributed by atoms with E-state index in [9.17, 15) is 17.6 Å². The van der Waals surface area contributed by atoms with Gasteiger partial charge in [0.05, 0.1) is 5.69 Å². The van der Waals surface area contributed by atoms with Crippen molar-refractivity contribution in [1.82, 2.24) is 4.90 Å². The van der Waals surface area contributed by atoms with Gasteiger partial charge in [-0.1, -0.05) is 25.0 Å². The number of para-hydroxylation sites is 1. The molecule has 1 aromatic heterocycles. The van der Waals surface area contributed by atoms with Gasteiger partial charge in [-0.2, -0.15) is 0 Å². The van der Waals surface area contributed by atoms with Gasteiger partial charge >= 0.3 is 0 Å². The number of carbonyl (C=O) groups excluding carboxylic acids is 1. The van der Waals surface area contributed by atoms with Crippen molar-refractivity contribution in [3.63, 3.8) is 0 Å². The number of rotatable bonds is 4. The van der Waals surface area contributed by atoms with Gasteiger partial charge in [0.25, 0.3) is 15.9 Å². The maximum atomic E-state index is 14.1. The number of carbonyl (C=O) groups is 1. The van der Waals surface area contributed by atoms with Crippen LogP contribution in [0.15, 0.2) is 39.6 Å². The number of nitrogens with one attached hydrogen (secondary N) is 1.